The van der Waals surface area contributed by atoms with Crippen molar-refractivity contribution in [3.05, 3.63) is 58.6 Å². The van der Waals surface area contributed by atoms with Crippen molar-refractivity contribution in [1.29, 1.82) is 0 Å². The standard InChI is InChI=1S/C18H17ClF3NO4S/c1-27-13-5-3-12(4-6-13)10-23(11-18(20,21)22)17(24)15-9-14(28(2,25)26)7-8-16(15)19/h3-9H,10-11H2,1-2H3. The number of alkyl halides is 3. The van der Waals surface area contributed by atoms with Crippen LogP contribution >= 0.6 is 11.6 Å². The van der Waals surface area contributed by atoms with Crippen LogP contribution in [0.15, 0.2) is 47.4 Å². The first-order valence-corrected chi connectivity index (χ1v) is 10.2. The molecule has 2 rings (SSSR count). The topological polar surface area (TPSA) is 63.7 Å². The van der Waals surface area contributed by atoms with Crippen LogP contribution in [0.5, 0.6) is 5.75 Å². The molecule has 0 bridgehead atoms. The maximum atomic E-state index is 13.0. The number of nitrogens with zero attached hydrogens (tertiary/aromatic N) is 1. The molecule has 0 aliphatic heterocycles. The van der Waals surface area contributed by atoms with E-state index in [1.807, 2.05) is 0 Å². The molecule has 0 spiro atoms. The molecule has 0 aliphatic carbocycles. The Kier molecular flexibility index (Phi) is 6.61. The largest absolute Gasteiger partial charge is 0.497 e. The molecular formula is C18H17ClF3NO4S. The highest BCUT2D eigenvalue weighted by molar-refractivity contribution is 7.90. The van der Waals surface area contributed by atoms with Crippen molar-refractivity contribution in [2.24, 2.45) is 0 Å². The van der Waals surface area contributed by atoms with E-state index < -0.39 is 28.5 Å². The zero-order chi connectivity index (χ0) is 21.1. The van der Waals surface area contributed by atoms with Gasteiger partial charge in [-0.15, -0.1) is 0 Å². The molecule has 28 heavy (non-hydrogen) atoms. The van der Waals surface area contributed by atoms with E-state index in [1.165, 1.54) is 31.4 Å². The Labute approximate surface area is 165 Å². The highest BCUT2D eigenvalue weighted by Crippen LogP contribution is 2.26. The fourth-order valence-corrected chi connectivity index (χ4v) is 3.28. The summed E-state index contributed by atoms with van der Waals surface area (Å²) in [6.45, 7) is -1.86. The summed E-state index contributed by atoms with van der Waals surface area (Å²) >= 11 is 5.96. The van der Waals surface area contributed by atoms with E-state index in [0.717, 1.165) is 12.3 Å². The van der Waals surface area contributed by atoms with Gasteiger partial charge < -0.3 is 9.64 Å². The molecule has 0 unspecified atom stereocenters. The van der Waals surface area contributed by atoms with Gasteiger partial charge in [-0.05, 0) is 35.9 Å². The third-order valence-electron chi connectivity index (χ3n) is 3.79. The SMILES string of the molecule is COc1ccc(CN(CC(F)(F)F)C(=O)c2cc(S(C)(=O)=O)ccc2Cl)cc1. The van der Waals surface area contributed by atoms with Crippen LogP contribution in [0.25, 0.3) is 0 Å². The maximum Gasteiger partial charge on any atom is 0.406 e. The van der Waals surface area contributed by atoms with Crippen molar-refractivity contribution in [3.8, 4) is 5.75 Å². The lowest BCUT2D eigenvalue weighted by Gasteiger charge is -2.25. The van der Waals surface area contributed by atoms with Crippen LogP contribution < -0.4 is 4.74 Å². The second kappa shape index (κ2) is 8.40. The van der Waals surface area contributed by atoms with Gasteiger partial charge >= 0.3 is 6.18 Å². The second-order valence-electron chi connectivity index (χ2n) is 6.04. The molecule has 0 N–H and O–H groups in total. The number of hydrogen-bond acceptors (Lipinski definition) is 4. The van der Waals surface area contributed by atoms with Crippen molar-refractivity contribution in [2.75, 3.05) is 19.9 Å². The van der Waals surface area contributed by atoms with Crippen LogP contribution in [-0.4, -0.2) is 45.3 Å². The number of ether oxygens (including phenoxy) is 1. The van der Waals surface area contributed by atoms with Gasteiger partial charge in [0, 0.05) is 12.8 Å². The Morgan fingerprint density at radius 2 is 1.75 bits per heavy atom. The molecule has 10 heteroatoms. The van der Waals surface area contributed by atoms with E-state index in [-0.39, 0.29) is 22.0 Å². The average Bonchev–Trinajstić information content (AvgIpc) is 2.59. The number of rotatable bonds is 6. The van der Waals surface area contributed by atoms with Gasteiger partial charge in [0.15, 0.2) is 9.84 Å². The minimum absolute atomic E-state index is 0.140. The number of halogens is 4. The summed E-state index contributed by atoms with van der Waals surface area (Å²) in [6.07, 6.45) is -3.72. The predicted molar refractivity (Wildman–Crippen MR) is 98.4 cm³/mol. The zero-order valence-electron chi connectivity index (χ0n) is 15.0. The van der Waals surface area contributed by atoms with E-state index >= 15 is 0 Å². The highest BCUT2D eigenvalue weighted by atomic mass is 35.5. The van der Waals surface area contributed by atoms with Crippen LogP contribution in [0.1, 0.15) is 15.9 Å². The van der Waals surface area contributed by atoms with Crippen LogP contribution in [0.3, 0.4) is 0 Å². The molecule has 0 aliphatic rings. The molecule has 0 saturated heterocycles. The Morgan fingerprint density at radius 3 is 2.25 bits per heavy atom. The molecule has 2 aromatic rings. The van der Waals surface area contributed by atoms with E-state index in [2.05, 4.69) is 0 Å². The number of carbonyl (C=O) groups excluding carboxylic acids is 1. The summed E-state index contributed by atoms with van der Waals surface area (Å²) in [5.41, 5.74) is 0.121. The fourth-order valence-electron chi connectivity index (χ4n) is 2.44. The summed E-state index contributed by atoms with van der Waals surface area (Å²) in [5, 5.41) is -0.140. The van der Waals surface area contributed by atoms with E-state index in [4.69, 9.17) is 16.3 Å². The van der Waals surface area contributed by atoms with E-state index in [9.17, 15) is 26.4 Å². The molecule has 5 nitrogen and oxygen atoms in total. The van der Waals surface area contributed by atoms with E-state index in [1.54, 1.807) is 12.1 Å². The Balaban J connectivity index is 2.41. The highest BCUT2D eigenvalue weighted by Gasteiger charge is 2.34. The summed E-state index contributed by atoms with van der Waals surface area (Å²) in [4.78, 5) is 13.1. The van der Waals surface area contributed by atoms with Gasteiger partial charge in [-0.3, -0.25) is 4.79 Å². The molecule has 0 radical (unpaired) electrons. The number of sulfone groups is 1. The van der Waals surface area contributed by atoms with Gasteiger partial charge in [-0.25, -0.2) is 8.42 Å². The lowest BCUT2D eigenvalue weighted by molar-refractivity contribution is -0.141. The first-order valence-electron chi connectivity index (χ1n) is 7.89. The number of methoxy groups -OCH3 is 1. The minimum Gasteiger partial charge on any atom is -0.497 e. The number of benzene rings is 2. The zero-order valence-corrected chi connectivity index (χ0v) is 16.5. The average molecular weight is 436 g/mol. The summed E-state index contributed by atoms with van der Waals surface area (Å²) in [5.74, 6) is -0.509. The molecule has 2 aromatic carbocycles. The summed E-state index contributed by atoms with van der Waals surface area (Å²) in [7, 11) is -2.22. The van der Waals surface area contributed by atoms with Gasteiger partial charge in [0.1, 0.15) is 12.3 Å². The summed E-state index contributed by atoms with van der Waals surface area (Å²) in [6, 6.07) is 9.52. The van der Waals surface area contributed by atoms with Crippen molar-refractivity contribution >= 4 is 27.3 Å². The first-order chi connectivity index (χ1) is 12.9. The summed E-state index contributed by atoms with van der Waals surface area (Å²) < 4.78 is 67.5. The molecule has 0 heterocycles. The minimum atomic E-state index is -4.65. The van der Waals surface area contributed by atoms with Gasteiger partial charge in [-0.1, -0.05) is 23.7 Å². The molecule has 0 saturated carbocycles. The molecular weight excluding hydrogens is 419 g/mol. The smallest absolute Gasteiger partial charge is 0.406 e. The van der Waals surface area contributed by atoms with Crippen LogP contribution in [-0.2, 0) is 16.4 Å². The van der Waals surface area contributed by atoms with Gasteiger partial charge in [-0.2, -0.15) is 13.2 Å². The van der Waals surface area contributed by atoms with Crippen LogP contribution in [0, 0.1) is 0 Å². The Bertz CT molecular complexity index is 960. The normalized spacial score (nSPS) is 11.9. The van der Waals surface area contributed by atoms with Gasteiger partial charge in [0.25, 0.3) is 5.91 Å². The number of amides is 1. The number of hydrogen-bond donors (Lipinski definition) is 0. The van der Waals surface area contributed by atoms with Crippen LogP contribution in [0.2, 0.25) is 5.02 Å². The third kappa shape index (κ3) is 5.87. The van der Waals surface area contributed by atoms with E-state index in [0.29, 0.717) is 16.2 Å². The van der Waals surface area contributed by atoms with Crippen molar-refractivity contribution in [2.45, 2.75) is 17.6 Å². The molecule has 0 fully saturated rings. The number of carbonyl (C=O) groups is 1. The monoisotopic (exact) mass is 435 g/mol. The Morgan fingerprint density at radius 1 is 1.14 bits per heavy atom. The molecule has 1 amide bonds. The van der Waals surface area contributed by atoms with Crippen LogP contribution in [0.4, 0.5) is 13.2 Å². The van der Waals surface area contributed by atoms with Gasteiger partial charge in [0.05, 0.1) is 22.6 Å². The molecule has 0 atom stereocenters. The Hall–Kier alpha value is -2.26. The first kappa shape index (κ1) is 22.0. The molecule has 152 valence electrons. The third-order valence-corrected chi connectivity index (χ3v) is 5.23. The van der Waals surface area contributed by atoms with Gasteiger partial charge in [0.2, 0.25) is 0 Å². The van der Waals surface area contributed by atoms with Crippen molar-refractivity contribution in [3.63, 3.8) is 0 Å². The van der Waals surface area contributed by atoms with Crippen molar-refractivity contribution in [1.82, 2.24) is 4.90 Å². The van der Waals surface area contributed by atoms with Crippen molar-refractivity contribution < 1.29 is 31.1 Å². The maximum absolute atomic E-state index is 13.0. The second-order valence-corrected chi connectivity index (χ2v) is 8.46. The predicted octanol–water partition coefficient (Wildman–Crippen LogP) is 3.96. The quantitative estimate of drug-likeness (QED) is 0.689. The lowest BCUT2D eigenvalue weighted by Crippen LogP contribution is -2.38. The fraction of sp³-hybridized carbons (Fsp3) is 0.278. The lowest BCUT2D eigenvalue weighted by atomic mass is 10.1. The molecule has 0 aromatic heterocycles.